The monoisotopic (exact) mass is 326 g/mol. The largest absolute Gasteiger partial charge is 0.433 e. The third kappa shape index (κ3) is 4.43. The van der Waals surface area contributed by atoms with Gasteiger partial charge in [0, 0.05) is 11.8 Å². The highest BCUT2D eigenvalue weighted by molar-refractivity contribution is 6.01. The van der Waals surface area contributed by atoms with Crippen LogP contribution in [-0.4, -0.2) is 10.8 Å². The van der Waals surface area contributed by atoms with Crippen molar-refractivity contribution in [3.63, 3.8) is 0 Å². The number of benzene rings is 1. The number of anilines is 1. The average Bonchev–Trinajstić information content (AvgIpc) is 2.94. The summed E-state index contributed by atoms with van der Waals surface area (Å²) in [5.74, 6) is -0.990. The number of nitrogens with one attached hydrogen (secondary N) is 1. The topological polar surface area (TPSA) is 85.4 Å². The molecule has 1 amide bonds. The molecule has 120 valence electrons. The predicted molar refractivity (Wildman–Crippen MR) is 74.5 cm³/mol. The molecule has 1 aromatic heterocycles. The summed E-state index contributed by atoms with van der Waals surface area (Å²) in [5.41, 5.74) is -0.646. The van der Waals surface area contributed by atoms with Gasteiger partial charge in [-0.25, -0.2) is 0 Å². The second kappa shape index (κ2) is 6.34. The highest BCUT2D eigenvalue weighted by atomic mass is 19.4. The molecule has 9 heteroatoms. The van der Waals surface area contributed by atoms with Crippen molar-refractivity contribution in [3.05, 3.63) is 63.9 Å². The highest BCUT2D eigenvalue weighted by Crippen LogP contribution is 2.29. The van der Waals surface area contributed by atoms with E-state index in [1.165, 1.54) is 12.1 Å². The number of carbonyl (C=O) groups is 1. The quantitative estimate of drug-likeness (QED) is 0.525. The van der Waals surface area contributed by atoms with Gasteiger partial charge >= 0.3 is 12.1 Å². The second-order valence-corrected chi connectivity index (χ2v) is 4.33. The normalized spacial score (nSPS) is 11.6. The third-order valence-electron chi connectivity index (χ3n) is 2.67. The Balaban J connectivity index is 1.98. The molecule has 0 spiro atoms. The molecule has 0 bridgehead atoms. The van der Waals surface area contributed by atoms with Crippen LogP contribution in [0.25, 0.3) is 6.08 Å². The van der Waals surface area contributed by atoms with Crippen LogP contribution in [-0.2, 0) is 11.0 Å². The first kappa shape index (κ1) is 16.3. The van der Waals surface area contributed by atoms with E-state index in [0.717, 1.165) is 36.4 Å². The minimum atomic E-state index is -4.45. The SMILES string of the molecule is O=C(/C=C/c1ccc([N+](=O)[O-])o1)Nc1ccc(C(F)(F)F)cc1. The molecule has 2 aromatic rings. The number of amides is 1. The lowest BCUT2D eigenvalue weighted by atomic mass is 10.2. The number of nitro groups is 1. The van der Waals surface area contributed by atoms with E-state index in [4.69, 9.17) is 4.42 Å². The van der Waals surface area contributed by atoms with Crippen molar-refractivity contribution in [2.75, 3.05) is 5.32 Å². The van der Waals surface area contributed by atoms with E-state index in [2.05, 4.69) is 5.32 Å². The Kier molecular flexibility index (Phi) is 4.49. The Hall–Kier alpha value is -3.10. The molecule has 0 atom stereocenters. The Bertz CT molecular complexity index is 748. The average molecular weight is 326 g/mol. The molecular formula is C14H9F3N2O4. The number of hydrogen-bond donors (Lipinski definition) is 1. The summed E-state index contributed by atoms with van der Waals surface area (Å²) in [6.45, 7) is 0. The molecule has 0 saturated heterocycles. The zero-order valence-electron chi connectivity index (χ0n) is 11.3. The van der Waals surface area contributed by atoms with E-state index in [1.807, 2.05) is 0 Å². The van der Waals surface area contributed by atoms with Gasteiger partial charge in [-0.15, -0.1) is 0 Å². The van der Waals surface area contributed by atoms with Crippen LogP contribution in [0.2, 0.25) is 0 Å². The van der Waals surface area contributed by atoms with Gasteiger partial charge in [0.1, 0.15) is 10.7 Å². The number of nitrogens with zero attached hydrogens (tertiary/aromatic N) is 1. The zero-order chi connectivity index (χ0) is 17.0. The van der Waals surface area contributed by atoms with Crippen molar-refractivity contribution in [3.8, 4) is 0 Å². The molecule has 0 unspecified atom stereocenters. The van der Waals surface area contributed by atoms with E-state index in [9.17, 15) is 28.1 Å². The molecule has 0 aliphatic heterocycles. The fourth-order valence-corrected chi connectivity index (χ4v) is 1.61. The van der Waals surface area contributed by atoms with Gasteiger partial charge in [0.05, 0.1) is 11.6 Å². The third-order valence-corrected chi connectivity index (χ3v) is 2.67. The van der Waals surface area contributed by atoms with Crippen molar-refractivity contribution in [2.24, 2.45) is 0 Å². The number of furan rings is 1. The molecule has 1 aromatic carbocycles. The molecule has 0 fully saturated rings. The number of alkyl halides is 3. The maximum absolute atomic E-state index is 12.4. The van der Waals surface area contributed by atoms with E-state index in [0.29, 0.717) is 0 Å². The molecule has 1 N–H and O–H groups in total. The lowest BCUT2D eigenvalue weighted by Crippen LogP contribution is -2.09. The van der Waals surface area contributed by atoms with Crippen LogP contribution in [0.5, 0.6) is 0 Å². The van der Waals surface area contributed by atoms with Gasteiger partial charge in [0.2, 0.25) is 5.91 Å². The van der Waals surface area contributed by atoms with Crippen molar-refractivity contribution in [1.29, 1.82) is 0 Å². The van der Waals surface area contributed by atoms with Crippen molar-refractivity contribution < 1.29 is 27.3 Å². The molecule has 0 saturated carbocycles. The number of hydrogen-bond acceptors (Lipinski definition) is 4. The molecule has 2 rings (SSSR count). The molecule has 0 aliphatic carbocycles. The van der Waals surface area contributed by atoms with Gasteiger partial charge in [-0.05, 0) is 36.4 Å². The van der Waals surface area contributed by atoms with Crippen LogP contribution in [0.15, 0.2) is 46.9 Å². The van der Waals surface area contributed by atoms with E-state index >= 15 is 0 Å². The lowest BCUT2D eigenvalue weighted by Gasteiger charge is -2.07. The summed E-state index contributed by atoms with van der Waals surface area (Å²) >= 11 is 0. The second-order valence-electron chi connectivity index (χ2n) is 4.33. The molecular weight excluding hydrogens is 317 g/mol. The maximum Gasteiger partial charge on any atom is 0.433 e. The minimum absolute atomic E-state index is 0.0965. The number of halogens is 3. The summed E-state index contributed by atoms with van der Waals surface area (Å²) in [6, 6.07) is 6.36. The first-order valence-electron chi connectivity index (χ1n) is 6.16. The van der Waals surface area contributed by atoms with Gasteiger partial charge in [0.15, 0.2) is 0 Å². The molecule has 0 radical (unpaired) electrons. The molecule has 1 heterocycles. The van der Waals surface area contributed by atoms with Crippen LogP contribution in [0.3, 0.4) is 0 Å². The fraction of sp³-hybridized carbons (Fsp3) is 0.0714. The van der Waals surface area contributed by atoms with Gasteiger partial charge in [-0.3, -0.25) is 14.9 Å². The summed E-state index contributed by atoms with van der Waals surface area (Å²) in [6.07, 6.45) is -2.21. The predicted octanol–water partition coefficient (Wildman–Crippen LogP) is 3.86. The van der Waals surface area contributed by atoms with Gasteiger partial charge in [0.25, 0.3) is 0 Å². The first-order chi connectivity index (χ1) is 10.8. The summed E-state index contributed by atoms with van der Waals surface area (Å²) in [5, 5.41) is 12.8. The van der Waals surface area contributed by atoms with Crippen LogP contribution >= 0.6 is 0 Å². The van der Waals surface area contributed by atoms with Crippen molar-refractivity contribution in [1.82, 2.24) is 0 Å². The smallest absolute Gasteiger partial charge is 0.401 e. The van der Waals surface area contributed by atoms with E-state index in [1.54, 1.807) is 0 Å². The summed E-state index contributed by atoms with van der Waals surface area (Å²) in [7, 11) is 0. The summed E-state index contributed by atoms with van der Waals surface area (Å²) < 4.78 is 42.0. The number of carbonyl (C=O) groups excluding carboxylic acids is 1. The van der Waals surface area contributed by atoms with Crippen LogP contribution in [0.4, 0.5) is 24.7 Å². The molecule has 6 nitrogen and oxygen atoms in total. The van der Waals surface area contributed by atoms with Crippen LogP contribution < -0.4 is 5.32 Å². The standard InChI is InChI=1S/C14H9F3N2O4/c15-14(16,17)9-1-3-10(4-2-9)18-12(20)7-5-11-6-8-13(23-11)19(21)22/h1-8H,(H,18,20)/b7-5+. The zero-order valence-corrected chi connectivity index (χ0v) is 11.3. The first-order valence-corrected chi connectivity index (χ1v) is 6.16. The van der Waals surface area contributed by atoms with Gasteiger partial charge in [-0.2, -0.15) is 13.2 Å². The minimum Gasteiger partial charge on any atom is -0.401 e. The van der Waals surface area contributed by atoms with Gasteiger partial charge < -0.3 is 9.73 Å². The highest BCUT2D eigenvalue weighted by Gasteiger charge is 2.29. The fourth-order valence-electron chi connectivity index (χ4n) is 1.61. The number of rotatable bonds is 4. The lowest BCUT2D eigenvalue weighted by molar-refractivity contribution is -0.402. The molecule has 0 aliphatic rings. The van der Waals surface area contributed by atoms with Gasteiger partial charge in [-0.1, -0.05) is 0 Å². The van der Waals surface area contributed by atoms with Crippen molar-refractivity contribution in [2.45, 2.75) is 6.18 Å². The Morgan fingerprint density at radius 2 is 1.83 bits per heavy atom. The Morgan fingerprint density at radius 1 is 1.17 bits per heavy atom. The van der Waals surface area contributed by atoms with E-state index < -0.39 is 28.5 Å². The maximum atomic E-state index is 12.4. The van der Waals surface area contributed by atoms with Crippen LogP contribution in [0, 0.1) is 10.1 Å². The van der Waals surface area contributed by atoms with Crippen molar-refractivity contribution >= 4 is 23.6 Å². The Morgan fingerprint density at radius 3 is 2.35 bits per heavy atom. The Labute approximate surface area is 127 Å². The van der Waals surface area contributed by atoms with E-state index in [-0.39, 0.29) is 11.4 Å². The molecule has 23 heavy (non-hydrogen) atoms. The summed E-state index contributed by atoms with van der Waals surface area (Å²) in [4.78, 5) is 21.3. The van der Waals surface area contributed by atoms with Crippen LogP contribution in [0.1, 0.15) is 11.3 Å².